The molecule has 0 aliphatic heterocycles. The van der Waals surface area contributed by atoms with Crippen LogP contribution in [0.4, 0.5) is 0 Å². The largest absolute Gasteiger partial charge is 0.478 e. The minimum absolute atomic E-state index is 0.0631. The Morgan fingerprint density at radius 2 is 2.33 bits per heavy atom. The van der Waals surface area contributed by atoms with E-state index in [2.05, 4.69) is 15.2 Å². The van der Waals surface area contributed by atoms with Gasteiger partial charge in [0.2, 0.25) is 0 Å². The van der Waals surface area contributed by atoms with E-state index in [0.717, 1.165) is 4.57 Å². The van der Waals surface area contributed by atoms with E-state index in [4.69, 9.17) is 5.11 Å². The summed E-state index contributed by atoms with van der Waals surface area (Å²) in [5.74, 6) is -0.858. The maximum atomic E-state index is 11.2. The van der Waals surface area contributed by atoms with E-state index in [-0.39, 0.29) is 11.4 Å². The number of H-pyrrole nitrogens is 1. The van der Waals surface area contributed by atoms with Crippen LogP contribution in [-0.4, -0.2) is 30.8 Å². The molecule has 0 bridgehead atoms. The molecule has 0 amide bonds. The Morgan fingerprint density at radius 1 is 1.53 bits per heavy atom. The average molecular weight is 206 g/mol. The Kier molecular flexibility index (Phi) is 2.05. The molecule has 0 saturated heterocycles. The van der Waals surface area contributed by atoms with Gasteiger partial charge in [0.25, 0.3) is 0 Å². The van der Waals surface area contributed by atoms with Crippen molar-refractivity contribution in [3.05, 3.63) is 40.7 Å². The molecule has 76 valence electrons. The van der Waals surface area contributed by atoms with Crippen LogP contribution in [0.3, 0.4) is 0 Å². The van der Waals surface area contributed by atoms with Gasteiger partial charge in [-0.3, -0.25) is 0 Å². The highest BCUT2D eigenvalue weighted by Gasteiger charge is 2.07. The molecule has 0 unspecified atom stereocenters. The van der Waals surface area contributed by atoms with Crippen molar-refractivity contribution in [2.24, 2.45) is 0 Å². The van der Waals surface area contributed by atoms with Gasteiger partial charge in [-0.15, -0.1) is 0 Å². The number of hydrogen-bond donors (Lipinski definition) is 2. The number of rotatable bonds is 2. The first-order valence-electron chi connectivity index (χ1n) is 4.00. The number of carboxylic acids is 1. The second-order valence-corrected chi connectivity index (χ2v) is 2.74. The molecule has 15 heavy (non-hydrogen) atoms. The van der Waals surface area contributed by atoms with Crippen LogP contribution in [0.15, 0.2) is 29.5 Å². The minimum Gasteiger partial charge on any atom is -0.478 e. The first-order chi connectivity index (χ1) is 7.18. The topological polar surface area (TPSA) is 101 Å². The second kappa shape index (κ2) is 3.37. The van der Waals surface area contributed by atoms with Crippen molar-refractivity contribution in [1.29, 1.82) is 0 Å². The van der Waals surface area contributed by atoms with E-state index in [1.165, 1.54) is 24.7 Å². The molecule has 2 aromatic rings. The fourth-order valence-electron chi connectivity index (χ4n) is 1.09. The molecule has 0 aliphatic carbocycles. The van der Waals surface area contributed by atoms with Gasteiger partial charge in [0.1, 0.15) is 12.1 Å². The third-order valence-corrected chi connectivity index (χ3v) is 1.79. The molecular weight excluding hydrogens is 200 g/mol. The fourth-order valence-corrected chi connectivity index (χ4v) is 1.09. The lowest BCUT2D eigenvalue weighted by atomic mass is 10.2. The summed E-state index contributed by atoms with van der Waals surface area (Å²) in [6.45, 7) is 0. The van der Waals surface area contributed by atoms with E-state index >= 15 is 0 Å². The Morgan fingerprint density at radius 3 is 2.93 bits per heavy atom. The number of nitrogens with zero attached hydrogens (tertiary/aromatic N) is 3. The summed E-state index contributed by atoms with van der Waals surface area (Å²) in [6, 6.07) is 2.64. The van der Waals surface area contributed by atoms with Crippen molar-refractivity contribution < 1.29 is 9.90 Å². The van der Waals surface area contributed by atoms with E-state index in [9.17, 15) is 9.59 Å². The predicted octanol–water partition coefficient (Wildman–Crippen LogP) is -0.346. The number of aromatic amines is 1. The highest BCUT2D eigenvalue weighted by Crippen LogP contribution is 2.04. The van der Waals surface area contributed by atoms with Crippen molar-refractivity contribution in [2.75, 3.05) is 0 Å². The van der Waals surface area contributed by atoms with Crippen molar-refractivity contribution >= 4 is 5.97 Å². The van der Waals surface area contributed by atoms with Gasteiger partial charge in [-0.25, -0.2) is 24.2 Å². The normalized spacial score (nSPS) is 10.1. The molecule has 0 radical (unpaired) electrons. The van der Waals surface area contributed by atoms with Crippen LogP contribution in [-0.2, 0) is 0 Å². The number of hydrogen-bond acceptors (Lipinski definition) is 4. The summed E-state index contributed by atoms with van der Waals surface area (Å²) >= 11 is 0. The van der Waals surface area contributed by atoms with Crippen molar-refractivity contribution in [1.82, 2.24) is 19.7 Å². The molecular formula is C8H6N4O3. The van der Waals surface area contributed by atoms with Crippen molar-refractivity contribution in [3.8, 4) is 5.82 Å². The standard InChI is InChI=1S/C8H6N4O3/c13-7(14)5-1-2-9-6(3-5)12-4-10-11-8(12)15/h1-4H,(H,11,15)(H,13,14). The van der Waals surface area contributed by atoms with Gasteiger partial charge in [-0.1, -0.05) is 0 Å². The van der Waals surface area contributed by atoms with Gasteiger partial charge in [0.15, 0.2) is 0 Å². The molecule has 7 heteroatoms. The van der Waals surface area contributed by atoms with Crippen LogP contribution in [0.2, 0.25) is 0 Å². The van der Waals surface area contributed by atoms with E-state index in [0.29, 0.717) is 0 Å². The summed E-state index contributed by atoms with van der Waals surface area (Å²) in [7, 11) is 0. The molecule has 2 heterocycles. The zero-order valence-corrected chi connectivity index (χ0v) is 7.41. The van der Waals surface area contributed by atoms with Gasteiger partial charge < -0.3 is 5.11 Å². The predicted molar refractivity (Wildman–Crippen MR) is 48.9 cm³/mol. The lowest BCUT2D eigenvalue weighted by Crippen LogP contribution is -2.15. The Bertz CT molecular complexity index is 557. The molecule has 7 nitrogen and oxygen atoms in total. The van der Waals surface area contributed by atoms with Gasteiger partial charge in [-0.05, 0) is 12.1 Å². The summed E-state index contributed by atoms with van der Waals surface area (Å²) in [5.41, 5.74) is -0.405. The lowest BCUT2D eigenvalue weighted by molar-refractivity contribution is 0.0696. The summed E-state index contributed by atoms with van der Waals surface area (Å²) in [6.07, 6.45) is 2.55. The molecule has 2 N–H and O–H groups in total. The number of carboxylic acid groups (broad SMARTS) is 1. The molecule has 0 spiro atoms. The summed E-state index contributed by atoms with van der Waals surface area (Å²) in [5, 5.41) is 14.4. The Hall–Kier alpha value is -2.44. The number of aromatic carboxylic acids is 1. The van der Waals surface area contributed by atoms with Crippen LogP contribution in [0.25, 0.3) is 5.82 Å². The number of pyridine rings is 1. The van der Waals surface area contributed by atoms with E-state index in [1.807, 2.05) is 0 Å². The van der Waals surface area contributed by atoms with E-state index < -0.39 is 11.7 Å². The zero-order chi connectivity index (χ0) is 10.8. The van der Waals surface area contributed by atoms with Gasteiger partial charge in [0, 0.05) is 6.20 Å². The number of nitrogens with one attached hydrogen (secondary N) is 1. The Labute approximate surface area is 83.0 Å². The quantitative estimate of drug-likeness (QED) is 0.699. The van der Waals surface area contributed by atoms with Crippen LogP contribution in [0, 0.1) is 0 Å². The fraction of sp³-hybridized carbons (Fsp3) is 0. The Balaban J connectivity index is 2.55. The number of carbonyl (C=O) groups is 1. The summed E-state index contributed by atoms with van der Waals surface area (Å²) < 4.78 is 1.12. The third-order valence-electron chi connectivity index (χ3n) is 1.79. The first kappa shape index (κ1) is 9.13. The summed E-state index contributed by atoms with van der Waals surface area (Å²) in [4.78, 5) is 25.7. The van der Waals surface area contributed by atoms with Gasteiger partial charge >= 0.3 is 11.7 Å². The molecule has 2 rings (SSSR count). The number of aromatic nitrogens is 4. The van der Waals surface area contributed by atoms with E-state index in [1.54, 1.807) is 0 Å². The lowest BCUT2D eigenvalue weighted by Gasteiger charge is -1.99. The van der Waals surface area contributed by atoms with Crippen molar-refractivity contribution in [3.63, 3.8) is 0 Å². The molecule has 0 fully saturated rings. The monoisotopic (exact) mass is 206 g/mol. The molecule has 0 atom stereocenters. The molecule has 0 aliphatic rings. The SMILES string of the molecule is O=C(O)c1ccnc(-n2cn[nH]c2=O)c1. The second-order valence-electron chi connectivity index (χ2n) is 2.74. The molecule has 2 aromatic heterocycles. The van der Waals surface area contributed by atoms with Gasteiger partial charge in [0.05, 0.1) is 5.56 Å². The molecule has 0 saturated carbocycles. The van der Waals surface area contributed by atoms with Crippen LogP contribution < -0.4 is 5.69 Å². The zero-order valence-electron chi connectivity index (χ0n) is 7.41. The van der Waals surface area contributed by atoms with Crippen LogP contribution in [0.5, 0.6) is 0 Å². The third kappa shape index (κ3) is 1.62. The van der Waals surface area contributed by atoms with Crippen molar-refractivity contribution in [2.45, 2.75) is 0 Å². The van der Waals surface area contributed by atoms with Crippen LogP contribution in [0.1, 0.15) is 10.4 Å². The van der Waals surface area contributed by atoms with Gasteiger partial charge in [-0.2, -0.15) is 5.10 Å². The van der Waals surface area contributed by atoms with Crippen LogP contribution >= 0.6 is 0 Å². The average Bonchev–Trinajstić information content (AvgIpc) is 2.64. The first-order valence-corrected chi connectivity index (χ1v) is 4.00. The maximum absolute atomic E-state index is 11.2. The molecule has 0 aromatic carbocycles. The minimum atomic E-state index is -1.07. The highest BCUT2D eigenvalue weighted by molar-refractivity contribution is 5.87. The maximum Gasteiger partial charge on any atom is 0.348 e. The highest BCUT2D eigenvalue weighted by atomic mass is 16.4. The smallest absolute Gasteiger partial charge is 0.348 e.